The maximum atomic E-state index is 12.7. The van der Waals surface area contributed by atoms with Crippen molar-refractivity contribution in [2.75, 3.05) is 4.90 Å². The lowest BCUT2D eigenvalue weighted by Gasteiger charge is -2.15. The largest absolute Gasteiger partial charge is 0.373 e. The lowest BCUT2D eigenvalue weighted by atomic mass is 9.81. The molecule has 2 bridgehead atoms. The van der Waals surface area contributed by atoms with Gasteiger partial charge in [0.15, 0.2) is 0 Å². The molecule has 122 valence electrons. The first kappa shape index (κ1) is 13.9. The number of nitrogens with zero attached hydrogens (tertiary/aromatic N) is 3. The van der Waals surface area contributed by atoms with Gasteiger partial charge in [0.25, 0.3) is 0 Å². The monoisotopic (exact) mass is 323 g/mol. The third-order valence-corrected chi connectivity index (χ3v) is 5.35. The number of benzene rings is 1. The van der Waals surface area contributed by atoms with E-state index in [0.717, 1.165) is 18.4 Å². The van der Waals surface area contributed by atoms with Crippen molar-refractivity contribution in [2.45, 2.75) is 31.6 Å². The lowest BCUT2D eigenvalue weighted by Crippen LogP contribution is -2.33. The smallest absolute Gasteiger partial charge is 0.240 e. The molecule has 2 amide bonds. The van der Waals surface area contributed by atoms with Crippen LogP contribution in [0.1, 0.15) is 18.4 Å². The molecule has 1 aromatic heterocycles. The summed E-state index contributed by atoms with van der Waals surface area (Å²) in [6, 6.07) is 9.96. The first-order valence-electron chi connectivity index (χ1n) is 8.32. The van der Waals surface area contributed by atoms with Gasteiger partial charge in [-0.15, -0.1) is 0 Å². The van der Waals surface area contributed by atoms with Crippen molar-refractivity contribution >= 4 is 17.5 Å². The molecule has 3 saturated heterocycles. The van der Waals surface area contributed by atoms with Crippen molar-refractivity contribution in [3.63, 3.8) is 0 Å². The molecule has 0 spiro atoms. The molecule has 1 aromatic carbocycles. The molecule has 0 radical (unpaired) electrons. The summed E-state index contributed by atoms with van der Waals surface area (Å²) in [6.45, 7) is 0.609. The quantitative estimate of drug-likeness (QED) is 0.805. The molecule has 2 aromatic rings. The Labute approximate surface area is 139 Å². The highest BCUT2D eigenvalue weighted by molar-refractivity contribution is 6.22. The van der Waals surface area contributed by atoms with Crippen LogP contribution >= 0.6 is 0 Å². The van der Waals surface area contributed by atoms with Crippen LogP contribution in [0, 0.1) is 11.8 Å². The van der Waals surface area contributed by atoms with Crippen molar-refractivity contribution in [1.29, 1.82) is 0 Å². The van der Waals surface area contributed by atoms with E-state index in [0.29, 0.717) is 12.2 Å². The van der Waals surface area contributed by atoms with E-state index in [1.165, 1.54) is 4.90 Å². The van der Waals surface area contributed by atoms with Crippen LogP contribution in [0.25, 0.3) is 0 Å². The summed E-state index contributed by atoms with van der Waals surface area (Å²) in [5.74, 6) is -0.852. The first-order chi connectivity index (χ1) is 11.7. The number of carbonyl (C=O) groups excluding carboxylic acids is 2. The number of fused-ring (bicyclic) bond motifs is 5. The predicted octanol–water partition coefficient (Wildman–Crippen LogP) is 1.60. The van der Waals surface area contributed by atoms with Crippen molar-refractivity contribution < 1.29 is 14.3 Å². The molecule has 0 N–H and O–H groups in total. The molecular formula is C18H17N3O3. The van der Waals surface area contributed by atoms with E-state index in [2.05, 4.69) is 5.10 Å². The van der Waals surface area contributed by atoms with E-state index < -0.39 is 0 Å². The van der Waals surface area contributed by atoms with E-state index >= 15 is 0 Å². The van der Waals surface area contributed by atoms with E-state index in [1.54, 1.807) is 17.1 Å². The fourth-order valence-electron chi connectivity index (χ4n) is 4.29. The van der Waals surface area contributed by atoms with E-state index in [4.69, 9.17) is 4.74 Å². The Morgan fingerprint density at radius 1 is 1.04 bits per heavy atom. The van der Waals surface area contributed by atoms with Crippen LogP contribution in [-0.2, 0) is 20.9 Å². The Bertz CT molecular complexity index is 788. The van der Waals surface area contributed by atoms with Crippen molar-refractivity contribution in [2.24, 2.45) is 11.8 Å². The minimum Gasteiger partial charge on any atom is -0.373 e. The molecule has 3 aliphatic rings. The molecule has 4 atom stereocenters. The molecule has 6 nitrogen and oxygen atoms in total. The molecule has 0 saturated carbocycles. The highest BCUT2D eigenvalue weighted by Gasteiger charge is 2.62. The second-order valence-electron chi connectivity index (χ2n) is 6.74. The molecule has 0 aliphatic carbocycles. The number of hydrogen-bond donors (Lipinski definition) is 0. The summed E-state index contributed by atoms with van der Waals surface area (Å²) < 4.78 is 7.51. The highest BCUT2D eigenvalue weighted by atomic mass is 16.5. The highest BCUT2D eigenvalue weighted by Crippen LogP contribution is 2.49. The number of hydrogen-bond acceptors (Lipinski definition) is 4. The second kappa shape index (κ2) is 5.01. The summed E-state index contributed by atoms with van der Waals surface area (Å²) in [6.07, 6.45) is 4.97. The first-order valence-corrected chi connectivity index (χ1v) is 8.32. The standard InChI is InChI=1S/C18H17N3O3/c22-17-15-13-6-7-14(24-13)16(15)18(23)21(17)12-8-19-20(10-12)9-11-4-2-1-3-5-11/h1-5,8,10,13-16H,6-7,9H2/t13-,14-,15-,16-/m0/s1. The average Bonchev–Trinajstić information content (AvgIpc) is 3.34. The number of imide groups is 1. The SMILES string of the molecule is O=C1[C@@H]2[C@@H](C(=O)N1c1cnn(Cc3ccccc3)c1)[C@@H]1CC[C@@H]2O1. The maximum absolute atomic E-state index is 12.7. The van der Waals surface area contributed by atoms with Crippen LogP contribution in [0.5, 0.6) is 0 Å². The van der Waals surface area contributed by atoms with Crippen molar-refractivity contribution in [3.8, 4) is 0 Å². The minimum atomic E-state index is -0.297. The fraction of sp³-hybridized carbons (Fsp3) is 0.389. The van der Waals surface area contributed by atoms with Crippen LogP contribution in [0.2, 0.25) is 0 Å². The molecule has 4 heterocycles. The Morgan fingerprint density at radius 2 is 1.71 bits per heavy atom. The zero-order chi connectivity index (χ0) is 16.3. The Balaban J connectivity index is 1.41. The summed E-state index contributed by atoms with van der Waals surface area (Å²) >= 11 is 0. The Morgan fingerprint density at radius 3 is 2.38 bits per heavy atom. The summed E-state index contributed by atoms with van der Waals surface area (Å²) in [4.78, 5) is 26.8. The van der Waals surface area contributed by atoms with Crippen molar-refractivity contribution in [1.82, 2.24) is 9.78 Å². The Hall–Kier alpha value is -2.47. The van der Waals surface area contributed by atoms with Gasteiger partial charge in [0, 0.05) is 6.20 Å². The molecule has 3 fully saturated rings. The number of carbonyl (C=O) groups is 2. The molecular weight excluding hydrogens is 306 g/mol. The normalized spacial score (nSPS) is 31.1. The van der Waals surface area contributed by atoms with Gasteiger partial charge in [-0.05, 0) is 18.4 Å². The van der Waals surface area contributed by atoms with Gasteiger partial charge in [0.05, 0.1) is 42.5 Å². The summed E-state index contributed by atoms with van der Waals surface area (Å²) in [5.41, 5.74) is 1.68. The van der Waals surface area contributed by atoms with Gasteiger partial charge in [-0.1, -0.05) is 30.3 Å². The molecule has 0 unspecified atom stereocenters. The van der Waals surface area contributed by atoms with Crippen LogP contribution in [-0.4, -0.2) is 33.8 Å². The third kappa shape index (κ3) is 1.89. The van der Waals surface area contributed by atoms with E-state index in [1.807, 2.05) is 30.3 Å². The maximum Gasteiger partial charge on any atom is 0.240 e. The van der Waals surface area contributed by atoms with Crippen LogP contribution in [0.15, 0.2) is 42.7 Å². The molecule has 6 heteroatoms. The zero-order valence-electron chi connectivity index (χ0n) is 13.0. The minimum absolute atomic E-state index is 0.0826. The van der Waals surface area contributed by atoms with Gasteiger partial charge in [-0.3, -0.25) is 14.3 Å². The number of ether oxygens (including phenoxy) is 1. The average molecular weight is 323 g/mol. The molecule has 3 aliphatic heterocycles. The van der Waals surface area contributed by atoms with Gasteiger partial charge in [0.1, 0.15) is 0 Å². The van der Waals surface area contributed by atoms with Gasteiger partial charge in [0.2, 0.25) is 11.8 Å². The molecule has 24 heavy (non-hydrogen) atoms. The fourth-order valence-corrected chi connectivity index (χ4v) is 4.29. The van der Waals surface area contributed by atoms with Gasteiger partial charge >= 0.3 is 0 Å². The number of amides is 2. The number of anilines is 1. The molecule has 5 rings (SSSR count). The second-order valence-corrected chi connectivity index (χ2v) is 6.74. The summed E-state index contributed by atoms with van der Waals surface area (Å²) in [7, 11) is 0. The number of aromatic nitrogens is 2. The number of rotatable bonds is 3. The third-order valence-electron chi connectivity index (χ3n) is 5.35. The lowest BCUT2D eigenvalue weighted by molar-refractivity contribution is -0.124. The van der Waals surface area contributed by atoms with Crippen LogP contribution < -0.4 is 4.90 Å². The van der Waals surface area contributed by atoms with Gasteiger partial charge in [-0.25, -0.2) is 4.90 Å². The van der Waals surface area contributed by atoms with Crippen molar-refractivity contribution in [3.05, 3.63) is 48.3 Å². The van der Waals surface area contributed by atoms with Gasteiger partial charge in [-0.2, -0.15) is 5.10 Å². The van der Waals surface area contributed by atoms with Crippen LogP contribution in [0.3, 0.4) is 0 Å². The van der Waals surface area contributed by atoms with Crippen LogP contribution in [0.4, 0.5) is 5.69 Å². The van der Waals surface area contributed by atoms with E-state index in [9.17, 15) is 9.59 Å². The topological polar surface area (TPSA) is 64.4 Å². The predicted molar refractivity (Wildman–Crippen MR) is 85.1 cm³/mol. The van der Waals surface area contributed by atoms with Gasteiger partial charge < -0.3 is 4.74 Å². The Kier molecular flexibility index (Phi) is 2.91. The van der Waals surface area contributed by atoms with E-state index in [-0.39, 0.29) is 35.9 Å². The summed E-state index contributed by atoms with van der Waals surface area (Å²) in [5, 5.41) is 4.31. The zero-order valence-corrected chi connectivity index (χ0v) is 13.0.